The van der Waals surface area contributed by atoms with Gasteiger partial charge in [-0.15, -0.1) is 0 Å². The third-order valence-corrected chi connectivity index (χ3v) is 4.21. The van der Waals surface area contributed by atoms with E-state index in [0.717, 1.165) is 16.8 Å². The van der Waals surface area contributed by atoms with Crippen LogP contribution in [0.4, 0.5) is 4.39 Å². The lowest BCUT2D eigenvalue weighted by molar-refractivity contribution is 0.629. The van der Waals surface area contributed by atoms with Gasteiger partial charge in [0.05, 0.1) is 17.8 Å². The van der Waals surface area contributed by atoms with Crippen molar-refractivity contribution in [2.75, 3.05) is 0 Å². The zero-order valence-corrected chi connectivity index (χ0v) is 13.7. The number of aryl methyl sites for hydroxylation is 1. The van der Waals surface area contributed by atoms with Crippen LogP contribution in [0.2, 0.25) is 0 Å². The van der Waals surface area contributed by atoms with Gasteiger partial charge in [-0.2, -0.15) is 5.10 Å². The molecule has 0 saturated carbocycles. The van der Waals surface area contributed by atoms with E-state index in [1.807, 2.05) is 37.3 Å². The molecular formula is C20H16FN3O. The number of aromatic amines is 1. The van der Waals surface area contributed by atoms with Gasteiger partial charge in [-0.25, -0.2) is 9.07 Å². The van der Waals surface area contributed by atoms with Crippen LogP contribution in [-0.4, -0.2) is 14.8 Å². The Morgan fingerprint density at radius 3 is 2.68 bits per heavy atom. The lowest BCUT2D eigenvalue weighted by Crippen LogP contribution is -2.25. The molecular weight excluding hydrogens is 317 g/mol. The molecule has 0 atom stereocenters. The normalized spacial score (nSPS) is 11.1. The van der Waals surface area contributed by atoms with Crippen LogP contribution >= 0.6 is 0 Å². The molecule has 0 unspecified atom stereocenters. The van der Waals surface area contributed by atoms with Gasteiger partial charge in [-0.05, 0) is 36.8 Å². The van der Waals surface area contributed by atoms with E-state index in [1.165, 1.54) is 16.8 Å². The molecule has 0 bridgehead atoms. The molecule has 0 spiro atoms. The minimum Gasteiger partial charge on any atom is -0.361 e. The third-order valence-electron chi connectivity index (χ3n) is 4.21. The Hall–Kier alpha value is -3.21. The van der Waals surface area contributed by atoms with E-state index in [0.29, 0.717) is 23.1 Å². The van der Waals surface area contributed by atoms with Gasteiger partial charge in [0.2, 0.25) is 0 Å². The lowest BCUT2D eigenvalue weighted by atomic mass is 10.1. The second kappa shape index (κ2) is 6.02. The molecule has 4 nitrogen and oxygen atoms in total. The molecule has 25 heavy (non-hydrogen) atoms. The molecule has 0 aliphatic heterocycles. The van der Waals surface area contributed by atoms with Crippen LogP contribution in [0.3, 0.4) is 0 Å². The Kier molecular flexibility index (Phi) is 3.69. The standard InChI is InChI=1S/C20H16FN3O/c1-13-9-17(18-11-22-19-8-7-15(21)10-16(18)19)20(25)24(23-13)12-14-5-3-2-4-6-14/h2-11,22H,12H2,1H3. The monoisotopic (exact) mass is 333 g/mol. The Morgan fingerprint density at radius 1 is 1.08 bits per heavy atom. The van der Waals surface area contributed by atoms with Crippen LogP contribution in [0.1, 0.15) is 11.3 Å². The van der Waals surface area contributed by atoms with Gasteiger partial charge in [0.25, 0.3) is 5.56 Å². The van der Waals surface area contributed by atoms with Gasteiger partial charge in [0.1, 0.15) is 5.82 Å². The maximum Gasteiger partial charge on any atom is 0.275 e. The summed E-state index contributed by atoms with van der Waals surface area (Å²) in [6.45, 7) is 2.24. The largest absolute Gasteiger partial charge is 0.361 e. The number of fused-ring (bicyclic) bond motifs is 1. The average molecular weight is 333 g/mol. The fourth-order valence-electron chi connectivity index (χ4n) is 3.05. The number of aromatic nitrogens is 3. The molecule has 0 fully saturated rings. The smallest absolute Gasteiger partial charge is 0.275 e. The highest BCUT2D eigenvalue weighted by Gasteiger charge is 2.14. The first kappa shape index (κ1) is 15.3. The predicted octanol–water partition coefficient (Wildman–Crippen LogP) is 3.89. The molecule has 2 aromatic carbocycles. The predicted molar refractivity (Wildman–Crippen MR) is 96.0 cm³/mol. The van der Waals surface area contributed by atoms with Crippen molar-refractivity contribution < 1.29 is 4.39 Å². The molecule has 0 radical (unpaired) electrons. The first-order chi connectivity index (χ1) is 12.1. The lowest BCUT2D eigenvalue weighted by Gasteiger charge is -2.09. The fraction of sp³-hybridized carbons (Fsp3) is 0.100. The van der Waals surface area contributed by atoms with Crippen molar-refractivity contribution in [1.29, 1.82) is 0 Å². The highest BCUT2D eigenvalue weighted by atomic mass is 19.1. The quantitative estimate of drug-likeness (QED) is 0.618. The third kappa shape index (κ3) is 2.85. The van der Waals surface area contributed by atoms with Gasteiger partial charge >= 0.3 is 0 Å². The van der Waals surface area contributed by atoms with E-state index in [2.05, 4.69) is 10.1 Å². The molecule has 2 heterocycles. The molecule has 0 aliphatic carbocycles. The summed E-state index contributed by atoms with van der Waals surface area (Å²) in [5, 5.41) is 5.04. The summed E-state index contributed by atoms with van der Waals surface area (Å²) >= 11 is 0. The molecule has 5 heteroatoms. The Morgan fingerprint density at radius 2 is 1.88 bits per heavy atom. The van der Waals surface area contributed by atoms with E-state index in [4.69, 9.17) is 0 Å². The van der Waals surface area contributed by atoms with Crippen LogP contribution in [0.15, 0.2) is 65.6 Å². The topological polar surface area (TPSA) is 50.7 Å². The van der Waals surface area contributed by atoms with Crippen LogP contribution in [0.5, 0.6) is 0 Å². The minimum absolute atomic E-state index is 0.195. The molecule has 1 N–H and O–H groups in total. The number of benzene rings is 2. The molecule has 4 aromatic rings. The first-order valence-corrected chi connectivity index (χ1v) is 8.01. The van der Waals surface area contributed by atoms with E-state index in [9.17, 15) is 9.18 Å². The molecule has 0 aliphatic rings. The number of hydrogen-bond acceptors (Lipinski definition) is 2. The number of hydrogen-bond donors (Lipinski definition) is 1. The Balaban J connectivity index is 1.87. The fourth-order valence-corrected chi connectivity index (χ4v) is 3.05. The summed E-state index contributed by atoms with van der Waals surface area (Å²) in [6.07, 6.45) is 1.74. The van der Waals surface area contributed by atoms with Crippen LogP contribution in [0, 0.1) is 12.7 Å². The van der Waals surface area contributed by atoms with Crippen molar-refractivity contribution in [3.8, 4) is 11.1 Å². The molecule has 0 amide bonds. The highest BCUT2D eigenvalue weighted by Crippen LogP contribution is 2.27. The molecule has 124 valence electrons. The summed E-state index contributed by atoms with van der Waals surface area (Å²) in [7, 11) is 0. The van der Waals surface area contributed by atoms with Gasteiger partial charge in [-0.1, -0.05) is 30.3 Å². The maximum atomic E-state index is 13.6. The number of nitrogens with one attached hydrogen (secondary N) is 1. The summed E-state index contributed by atoms with van der Waals surface area (Å²) in [6, 6.07) is 16.0. The molecule has 2 aromatic heterocycles. The minimum atomic E-state index is -0.330. The van der Waals surface area contributed by atoms with Gasteiger partial charge in [0, 0.05) is 22.7 Å². The van der Waals surface area contributed by atoms with Gasteiger partial charge < -0.3 is 4.98 Å². The SMILES string of the molecule is Cc1cc(-c2c[nH]c3ccc(F)cc23)c(=O)n(Cc2ccccc2)n1. The zero-order valence-electron chi connectivity index (χ0n) is 13.7. The number of rotatable bonds is 3. The summed E-state index contributed by atoms with van der Waals surface area (Å²) < 4.78 is 15.1. The number of H-pyrrole nitrogens is 1. The second-order valence-corrected chi connectivity index (χ2v) is 6.04. The van der Waals surface area contributed by atoms with Crippen LogP contribution in [0.25, 0.3) is 22.0 Å². The van der Waals surface area contributed by atoms with Crippen LogP contribution in [-0.2, 0) is 6.54 Å². The second-order valence-electron chi connectivity index (χ2n) is 6.04. The average Bonchev–Trinajstić information content (AvgIpc) is 3.01. The highest BCUT2D eigenvalue weighted by molar-refractivity contribution is 5.95. The van der Waals surface area contributed by atoms with Gasteiger partial charge in [-0.3, -0.25) is 4.79 Å². The van der Waals surface area contributed by atoms with Gasteiger partial charge in [0.15, 0.2) is 0 Å². The van der Waals surface area contributed by atoms with Crippen molar-refractivity contribution in [2.45, 2.75) is 13.5 Å². The van der Waals surface area contributed by atoms with E-state index in [-0.39, 0.29) is 11.4 Å². The maximum absolute atomic E-state index is 13.6. The first-order valence-electron chi connectivity index (χ1n) is 8.01. The summed E-state index contributed by atoms with van der Waals surface area (Å²) in [5.41, 5.74) is 3.53. The zero-order chi connectivity index (χ0) is 17.4. The van der Waals surface area contributed by atoms with Crippen molar-refractivity contribution in [1.82, 2.24) is 14.8 Å². The summed E-state index contributed by atoms with van der Waals surface area (Å²) in [5.74, 6) is -0.330. The van der Waals surface area contributed by atoms with Crippen molar-refractivity contribution >= 4 is 10.9 Å². The molecule has 4 rings (SSSR count). The van der Waals surface area contributed by atoms with E-state index < -0.39 is 0 Å². The molecule has 0 saturated heterocycles. The Labute approximate surface area is 143 Å². The number of nitrogens with zero attached hydrogens (tertiary/aromatic N) is 2. The van der Waals surface area contributed by atoms with Crippen LogP contribution < -0.4 is 5.56 Å². The van der Waals surface area contributed by atoms with Crippen molar-refractivity contribution in [2.24, 2.45) is 0 Å². The Bertz CT molecular complexity index is 1110. The van der Waals surface area contributed by atoms with E-state index in [1.54, 1.807) is 18.3 Å². The summed E-state index contributed by atoms with van der Waals surface area (Å²) in [4.78, 5) is 16.0. The van der Waals surface area contributed by atoms with Crippen molar-refractivity contribution in [3.63, 3.8) is 0 Å². The van der Waals surface area contributed by atoms with E-state index >= 15 is 0 Å². The number of halogens is 1. The van der Waals surface area contributed by atoms with Crippen molar-refractivity contribution in [3.05, 3.63) is 88.2 Å².